The Bertz CT molecular complexity index is 374. The Morgan fingerprint density at radius 2 is 2.12 bits per heavy atom. The Kier molecular flexibility index (Phi) is 3.36. The van der Waals surface area contributed by atoms with Crippen LogP contribution in [0.25, 0.3) is 0 Å². The number of carbonyl (C=O) groups excluding carboxylic acids is 1. The minimum absolute atomic E-state index is 0.121. The van der Waals surface area contributed by atoms with Crippen molar-refractivity contribution >= 4 is 11.7 Å². The normalized spacial score (nSPS) is 16.1. The fraction of sp³-hybridized carbons (Fsp3) is 0.455. The van der Waals surface area contributed by atoms with Gasteiger partial charge in [-0.05, 0) is 25.0 Å². The summed E-state index contributed by atoms with van der Waals surface area (Å²) in [7, 11) is 0. The van der Waals surface area contributed by atoms with Gasteiger partial charge in [0.25, 0.3) is 5.91 Å². The number of amides is 1. The second kappa shape index (κ2) is 4.94. The molecule has 5 heteroatoms. The van der Waals surface area contributed by atoms with Crippen molar-refractivity contribution in [3.63, 3.8) is 0 Å². The van der Waals surface area contributed by atoms with Crippen molar-refractivity contribution in [2.75, 3.05) is 5.43 Å². The number of hydrogen-bond donors (Lipinski definition) is 3. The first-order valence-corrected chi connectivity index (χ1v) is 5.54. The lowest BCUT2D eigenvalue weighted by Crippen LogP contribution is -2.33. The molecule has 0 aromatic carbocycles. The van der Waals surface area contributed by atoms with Gasteiger partial charge in [-0.15, -0.1) is 0 Å². The smallest absolute Gasteiger partial charge is 0.270 e. The fourth-order valence-corrected chi connectivity index (χ4v) is 1.97. The Labute approximate surface area is 94.4 Å². The van der Waals surface area contributed by atoms with Crippen LogP contribution in [0.3, 0.4) is 0 Å². The number of carbonyl (C=O) groups is 1. The van der Waals surface area contributed by atoms with Crippen LogP contribution in [0.5, 0.6) is 0 Å². The summed E-state index contributed by atoms with van der Waals surface area (Å²) >= 11 is 0. The molecule has 1 fully saturated rings. The highest BCUT2D eigenvalue weighted by Gasteiger charge is 2.18. The molecule has 0 radical (unpaired) electrons. The van der Waals surface area contributed by atoms with E-state index in [-0.39, 0.29) is 5.91 Å². The third-order valence-electron chi connectivity index (χ3n) is 2.82. The molecule has 1 aromatic rings. The quantitative estimate of drug-likeness (QED) is 0.525. The second-order valence-electron chi connectivity index (χ2n) is 4.01. The van der Waals surface area contributed by atoms with Gasteiger partial charge in [-0.1, -0.05) is 18.9 Å². The van der Waals surface area contributed by atoms with Crippen LogP contribution >= 0.6 is 0 Å². The summed E-state index contributed by atoms with van der Waals surface area (Å²) in [6.07, 6.45) is 4.53. The lowest BCUT2D eigenvalue weighted by molar-refractivity contribution is 0.0933. The van der Waals surface area contributed by atoms with E-state index in [9.17, 15) is 4.79 Å². The van der Waals surface area contributed by atoms with Crippen molar-refractivity contribution in [1.82, 2.24) is 10.3 Å². The van der Waals surface area contributed by atoms with Crippen LogP contribution in [0.1, 0.15) is 36.2 Å². The van der Waals surface area contributed by atoms with Gasteiger partial charge in [0.15, 0.2) is 0 Å². The minimum Gasteiger partial charge on any atom is -0.348 e. The lowest BCUT2D eigenvalue weighted by Gasteiger charge is -2.11. The molecule has 1 saturated carbocycles. The molecule has 1 heterocycles. The van der Waals surface area contributed by atoms with Gasteiger partial charge >= 0.3 is 0 Å². The van der Waals surface area contributed by atoms with Crippen molar-refractivity contribution in [1.29, 1.82) is 0 Å². The number of anilines is 1. The van der Waals surface area contributed by atoms with Crippen LogP contribution < -0.4 is 16.6 Å². The number of nitrogen functional groups attached to an aromatic ring is 1. The van der Waals surface area contributed by atoms with Gasteiger partial charge in [0.2, 0.25) is 0 Å². The molecule has 4 N–H and O–H groups in total. The van der Waals surface area contributed by atoms with E-state index >= 15 is 0 Å². The molecule has 5 nitrogen and oxygen atoms in total. The first-order chi connectivity index (χ1) is 7.79. The van der Waals surface area contributed by atoms with Crippen molar-refractivity contribution in [2.24, 2.45) is 5.84 Å². The fourth-order valence-electron chi connectivity index (χ4n) is 1.97. The van der Waals surface area contributed by atoms with E-state index in [2.05, 4.69) is 15.7 Å². The topological polar surface area (TPSA) is 80.0 Å². The number of nitrogens with one attached hydrogen (secondary N) is 2. The number of aromatic nitrogens is 1. The van der Waals surface area contributed by atoms with E-state index < -0.39 is 0 Å². The van der Waals surface area contributed by atoms with Gasteiger partial charge in [-0.3, -0.25) is 4.79 Å². The summed E-state index contributed by atoms with van der Waals surface area (Å²) in [5, 5.41) is 2.98. The molecule has 0 spiro atoms. The predicted molar refractivity (Wildman–Crippen MR) is 61.8 cm³/mol. The van der Waals surface area contributed by atoms with Crippen molar-refractivity contribution < 1.29 is 4.79 Å². The van der Waals surface area contributed by atoms with E-state index in [1.807, 2.05) is 0 Å². The molecule has 0 saturated heterocycles. The van der Waals surface area contributed by atoms with Crippen molar-refractivity contribution in [2.45, 2.75) is 31.7 Å². The molecule has 1 aromatic heterocycles. The Morgan fingerprint density at radius 3 is 2.81 bits per heavy atom. The number of hydrogen-bond acceptors (Lipinski definition) is 4. The number of rotatable bonds is 3. The molecule has 1 aliphatic carbocycles. The Balaban J connectivity index is 2.01. The predicted octanol–water partition coefficient (Wildman–Crippen LogP) is 1.04. The van der Waals surface area contributed by atoms with Crippen LogP contribution in [-0.4, -0.2) is 16.9 Å². The number of nitrogens with two attached hydrogens (primary N) is 1. The van der Waals surface area contributed by atoms with Gasteiger partial charge in [0, 0.05) is 6.04 Å². The maximum atomic E-state index is 11.8. The summed E-state index contributed by atoms with van der Waals surface area (Å²) in [4.78, 5) is 15.9. The van der Waals surface area contributed by atoms with Gasteiger partial charge in [-0.2, -0.15) is 0 Å². The lowest BCUT2D eigenvalue weighted by atomic mass is 10.2. The molecule has 0 unspecified atom stereocenters. The molecule has 86 valence electrons. The molecule has 16 heavy (non-hydrogen) atoms. The summed E-state index contributed by atoms with van der Waals surface area (Å²) in [6, 6.07) is 5.47. The van der Waals surface area contributed by atoms with Crippen LogP contribution in [-0.2, 0) is 0 Å². The molecule has 2 rings (SSSR count). The van der Waals surface area contributed by atoms with Crippen LogP contribution in [0.15, 0.2) is 18.2 Å². The number of pyridine rings is 1. The van der Waals surface area contributed by atoms with Gasteiger partial charge in [-0.25, -0.2) is 10.8 Å². The van der Waals surface area contributed by atoms with Gasteiger partial charge in [0.1, 0.15) is 11.5 Å². The maximum Gasteiger partial charge on any atom is 0.270 e. The van der Waals surface area contributed by atoms with Crippen molar-refractivity contribution in [3.05, 3.63) is 23.9 Å². The summed E-state index contributed by atoms with van der Waals surface area (Å²) in [6.45, 7) is 0. The maximum absolute atomic E-state index is 11.8. The average molecular weight is 220 g/mol. The zero-order chi connectivity index (χ0) is 11.4. The van der Waals surface area contributed by atoms with E-state index in [1.165, 1.54) is 12.8 Å². The Hall–Kier alpha value is -1.62. The zero-order valence-corrected chi connectivity index (χ0v) is 9.07. The van der Waals surface area contributed by atoms with E-state index in [0.29, 0.717) is 17.6 Å². The Morgan fingerprint density at radius 1 is 1.38 bits per heavy atom. The van der Waals surface area contributed by atoms with Crippen LogP contribution in [0, 0.1) is 0 Å². The first kappa shape index (κ1) is 10.9. The van der Waals surface area contributed by atoms with Crippen LogP contribution in [0.2, 0.25) is 0 Å². The molecular weight excluding hydrogens is 204 g/mol. The largest absolute Gasteiger partial charge is 0.348 e. The summed E-state index contributed by atoms with van der Waals surface area (Å²) < 4.78 is 0. The molecular formula is C11H16N4O. The first-order valence-electron chi connectivity index (χ1n) is 5.54. The molecule has 0 atom stereocenters. The standard InChI is InChI=1S/C11H16N4O/c12-15-10-7-3-6-9(14-10)11(16)13-8-4-1-2-5-8/h3,6-8H,1-2,4-5,12H2,(H,13,16)(H,14,15). The number of nitrogens with zero attached hydrogens (tertiary/aromatic N) is 1. The molecule has 1 aliphatic rings. The van der Waals surface area contributed by atoms with Gasteiger partial charge in [0.05, 0.1) is 0 Å². The van der Waals surface area contributed by atoms with E-state index in [1.54, 1.807) is 18.2 Å². The third kappa shape index (κ3) is 2.49. The molecule has 1 amide bonds. The molecule has 0 aliphatic heterocycles. The summed E-state index contributed by atoms with van der Waals surface area (Å²) in [5.74, 6) is 5.62. The third-order valence-corrected chi connectivity index (χ3v) is 2.82. The van der Waals surface area contributed by atoms with E-state index in [4.69, 9.17) is 5.84 Å². The SMILES string of the molecule is NNc1cccc(C(=O)NC2CCCC2)n1. The average Bonchev–Trinajstić information content (AvgIpc) is 2.82. The van der Waals surface area contributed by atoms with Crippen molar-refractivity contribution in [3.8, 4) is 0 Å². The highest BCUT2D eigenvalue weighted by molar-refractivity contribution is 5.92. The van der Waals surface area contributed by atoms with Gasteiger partial charge < -0.3 is 10.7 Å². The van der Waals surface area contributed by atoms with E-state index in [0.717, 1.165) is 12.8 Å². The molecule has 0 bridgehead atoms. The highest BCUT2D eigenvalue weighted by atomic mass is 16.1. The minimum atomic E-state index is -0.121. The number of hydrazine groups is 1. The monoisotopic (exact) mass is 220 g/mol. The summed E-state index contributed by atoms with van der Waals surface area (Å²) in [5.41, 5.74) is 2.83. The highest BCUT2D eigenvalue weighted by Crippen LogP contribution is 2.18. The zero-order valence-electron chi connectivity index (χ0n) is 9.07. The second-order valence-corrected chi connectivity index (χ2v) is 4.01. The van der Waals surface area contributed by atoms with Crippen LogP contribution in [0.4, 0.5) is 5.82 Å².